The molecule has 0 spiro atoms. The molecule has 0 aliphatic heterocycles. The van der Waals surface area contributed by atoms with Crippen LogP contribution in [0, 0.1) is 0 Å². The summed E-state index contributed by atoms with van der Waals surface area (Å²) in [6, 6.07) is 7.34. The second-order valence-electron chi connectivity index (χ2n) is 2.31. The summed E-state index contributed by atoms with van der Waals surface area (Å²) in [4.78, 5) is 11.0. The van der Waals surface area contributed by atoms with Crippen molar-refractivity contribution in [2.45, 2.75) is 0 Å². The van der Waals surface area contributed by atoms with Gasteiger partial charge in [0.1, 0.15) is 7.85 Å². The molecule has 0 heterocycles. The van der Waals surface area contributed by atoms with E-state index in [9.17, 15) is 4.79 Å². The largest absolute Gasteiger partial charge is 0.465 e. The van der Waals surface area contributed by atoms with Crippen LogP contribution in [0.3, 0.4) is 0 Å². The van der Waals surface area contributed by atoms with Crippen LogP contribution in [0.1, 0.15) is 10.4 Å². The molecule has 2 nitrogen and oxygen atoms in total. The van der Waals surface area contributed by atoms with Crippen molar-refractivity contribution >= 4 is 19.3 Å². The second kappa shape index (κ2) is 3.24. The van der Waals surface area contributed by atoms with E-state index in [1.807, 2.05) is 26.0 Å². The molecule has 0 saturated carbocycles. The summed E-state index contributed by atoms with van der Waals surface area (Å²) < 4.78 is 4.58. The summed E-state index contributed by atoms with van der Waals surface area (Å²) in [5, 5.41) is 0. The quantitative estimate of drug-likeness (QED) is 0.404. The molecule has 0 aromatic heterocycles. The summed E-state index contributed by atoms with van der Waals surface area (Å²) >= 11 is 0. The zero-order chi connectivity index (χ0) is 8.27. The van der Waals surface area contributed by atoms with Crippen LogP contribution in [-0.2, 0) is 4.74 Å². The van der Waals surface area contributed by atoms with Gasteiger partial charge in [0.15, 0.2) is 0 Å². The first-order valence-electron chi connectivity index (χ1n) is 3.39. The van der Waals surface area contributed by atoms with Crippen molar-refractivity contribution in [3.63, 3.8) is 0 Å². The lowest BCUT2D eigenvalue weighted by Crippen LogP contribution is -2.16. The highest BCUT2D eigenvalue weighted by atomic mass is 16.5. The number of carbonyl (C=O) groups is 1. The van der Waals surface area contributed by atoms with Crippen LogP contribution < -0.4 is 5.46 Å². The molecule has 0 amide bonds. The van der Waals surface area contributed by atoms with E-state index in [0.717, 1.165) is 5.46 Å². The smallest absolute Gasteiger partial charge is 0.337 e. The lowest BCUT2D eigenvalue weighted by Gasteiger charge is -2.01. The summed E-state index contributed by atoms with van der Waals surface area (Å²) in [7, 11) is 3.26. The highest BCUT2D eigenvalue weighted by Gasteiger charge is 2.05. The van der Waals surface area contributed by atoms with E-state index >= 15 is 0 Å². The first-order chi connectivity index (χ1) is 5.25. The molecule has 56 valence electrons. The van der Waals surface area contributed by atoms with Crippen molar-refractivity contribution in [2.75, 3.05) is 7.11 Å². The summed E-state index contributed by atoms with van der Waals surface area (Å²) in [6.07, 6.45) is 0. The second-order valence-corrected chi connectivity index (χ2v) is 2.31. The maximum Gasteiger partial charge on any atom is 0.337 e. The van der Waals surface area contributed by atoms with E-state index in [1.165, 1.54) is 7.11 Å². The fourth-order valence-corrected chi connectivity index (χ4v) is 0.912. The Balaban J connectivity index is 3.03. The fraction of sp³-hybridized carbons (Fsp3) is 0.125. The highest BCUT2D eigenvalue weighted by molar-refractivity contribution is 6.36. The van der Waals surface area contributed by atoms with Crippen molar-refractivity contribution in [1.29, 1.82) is 0 Å². The number of carbonyl (C=O) groups excluding carboxylic acids is 1. The first kappa shape index (κ1) is 7.86. The third kappa shape index (κ3) is 1.61. The maximum atomic E-state index is 11.0. The van der Waals surface area contributed by atoms with Crippen LogP contribution in [0.2, 0.25) is 0 Å². The van der Waals surface area contributed by atoms with Gasteiger partial charge in [-0.2, -0.15) is 0 Å². The normalized spacial score (nSPS) is 9.18. The molecule has 0 atom stereocenters. The van der Waals surface area contributed by atoms with Gasteiger partial charge in [-0.15, -0.1) is 0 Å². The topological polar surface area (TPSA) is 26.3 Å². The molecular weight excluding hydrogens is 139 g/mol. The van der Waals surface area contributed by atoms with Gasteiger partial charge in [0.05, 0.1) is 12.7 Å². The Morgan fingerprint density at radius 3 is 2.64 bits per heavy atom. The average Bonchev–Trinajstić information content (AvgIpc) is 2.04. The monoisotopic (exact) mass is 148 g/mol. The van der Waals surface area contributed by atoms with E-state index in [4.69, 9.17) is 0 Å². The molecule has 1 aromatic rings. The van der Waals surface area contributed by atoms with Crippen LogP contribution >= 0.6 is 0 Å². The Hall–Kier alpha value is -1.25. The van der Waals surface area contributed by atoms with Gasteiger partial charge in [-0.05, 0) is 6.07 Å². The maximum absolute atomic E-state index is 11.0. The standard InChI is InChI=1S/C8H9BO2/c1-11-8(10)6-4-2-3-5-7(6)9/h2-5H,9H2,1H3. The molecule has 0 radical (unpaired) electrons. The van der Waals surface area contributed by atoms with Crippen LogP contribution in [0.5, 0.6) is 0 Å². The van der Waals surface area contributed by atoms with Crippen LogP contribution in [0.4, 0.5) is 0 Å². The van der Waals surface area contributed by atoms with Crippen molar-refractivity contribution in [3.05, 3.63) is 29.8 Å². The number of hydrogen-bond acceptors (Lipinski definition) is 2. The van der Waals surface area contributed by atoms with Crippen LogP contribution in [0.25, 0.3) is 0 Å². The summed E-state index contributed by atoms with van der Waals surface area (Å²) in [6.45, 7) is 0. The van der Waals surface area contributed by atoms with Crippen molar-refractivity contribution in [3.8, 4) is 0 Å². The number of esters is 1. The molecule has 0 N–H and O–H groups in total. The van der Waals surface area contributed by atoms with Crippen molar-refractivity contribution in [2.24, 2.45) is 0 Å². The predicted molar refractivity (Wildman–Crippen MR) is 46.0 cm³/mol. The van der Waals surface area contributed by atoms with Gasteiger partial charge in [-0.1, -0.05) is 23.7 Å². The minimum atomic E-state index is -0.275. The van der Waals surface area contributed by atoms with Gasteiger partial charge >= 0.3 is 5.97 Å². The molecule has 0 aliphatic rings. The Bertz CT molecular complexity index is 271. The van der Waals surface area contributed by atoms with E-state index in [-0.39, 0.29) is 5.97 Å². The Morgan fingerprint density at radius 1 is 1.45 bits per heavy atom. The minimum absolute atomic E-state index is 0.275. The molecule has 0 fully saturated rings. The van der Waals surface area contributed by atoms with E-state index < -0.39 is 0 Å². The first-order valence-corrected chi connectivity index (χ1v) is 3.39. The Labute approximate surface area is 66.6 Å². The van der Waals surface area contributed by atoms with Crippen LogP contribution in [-0.4, -0.2) is 20.9 Å². The average molecular weight is 148 g/mol. The Kier molecular flexibility index (Phi) is 2.31. The highest BCUT2D eigenvalue weighted by Crippen LogP contribution is 1.95. The molecular formula is C8H9BO2. The molecule has 3 heteroatoms. The lowest BCUT2D eigenvalue weighted by molar-refractivity contribution is 0.0602. The molecule has 11 heavy (non-hydrogen) atoms. The van der Waals surface area contributed by atoms with Gasteiger partial charge in [0, 0.05) is 0 Å². The third-order valence-corrected chi connectivity index (χ3v) is 1.55. The fourth-order valence-electron chi connectivity index (χ4n) is 0.912. The zero-order valence-corrected chi connectivity index (χ0v) is 6.63. The van der Waals surface area contributed by atoms with Crippen molar-refractivity contribution < 1.29 is 9.53 Å². The number of ether oxygens (including phenoxy) is 1. The van der Waals surface area contributed by atoms with E-state index in [0.29, 0.717) is 5.56 Å². The van der Waals surface area contributed by atoms with Crippen LogP contribution in [0.15, 0.2) is 24.3 Å². The number of hydrogen-bond donors (Lipinski definition) is 0. The van der Waals surface area contributed by atoms with E-state index in [2.05, 4.69) is 4.74 Å². The van der Waals surface area contributed by atoms with Gasteiger partial charge < -0.3 is 4.74 Å². The number of methoxy groups -OCH3 is 1. The summed E-state index contributed by atoms with van der Waals surface area (Å²) in [5.74, 6) is -0.275. The van der Waals surface area contributed by atoms with E-state index in [1.54, 1.807) is 6.07 Å². The molecule has 0 saturated heterocycles. The lowest BCUT2D eigenvalue weighted by atomic mass is 9.91. The van der Waals surface area contributed by atoms with Gasteiger partial charge in [0.2, 0.25) is 0 Å². The zero-order valence-electron chi connectivity index (χ0n) is 6.63. The predicted octanol–water partition coefficient (Wildman–Crippen LogP) is -0.268. The molecule has 1 aromatic carbocycles. The third-order valence-electron chi connectivity index (χ3n) is 1.55. The SMILES string of the molecule is Bc1ccccc1C(=O)OC. The molecule has 0 bridgehead atoms. The van der Waals surface area contributed by atoms with Gasteiger partial charge in [-0.3, -0.25) is 0 Å². The summed E-state index contributed by atoms with van der Waals surface area (Å²) in [5.41, 5.74) is 1.58. The minimum Gasteiger partial charge on any atom is -0.465 e. The molecule has 0 unspecified atom stereocenters. The Morgan fingerprint density at radius 2 is 2.09 bits per heavy atom. The van der Waals surface area contributed by atoms with Gasteiger partial charge in [0.25, 0.3) is 0 Å². The number of rotatable bonds is 1. The number of benzene rings is 1. The molecule has 1 rings (SSSR count). The van der Waals surface area contributed by atoms with Crippen molar-refractivity contribution in [1.82, 2.24) is 0 Å². The molecule has 0 aliphatic carbocycles. The van der Waals surface area contributed by atoms with Gasteiger partial charge in [-0.25, -0.2) is 4.79 Å².